The van der Waals surface area contributed by atoms with Crippen LogP contribution in [0.1, 0.15) is 10.4 Å². The SMILES string of the molecule is O=C(NCCSSCCO[N+](=O)[O-])c1ccccc1O. The van der Waals surface area contributed by atoms with Crippen molar-refractivity contribution in [2.24, 2.45) is 0 Å². The number of benzene rings is 1. The minimum absolute atomic E-state index is 0.0505. The smallest absolute Gasteiger partial charge is 0.294 e. The maximum Gasteiger partial charge on any atom is 0.294 e. The Kier molecular flexibility index (Phi) is 7.66. The fraction of sp³-hybridized carbons (Fsp3) is 0.364. The molecule has 0 bridgehead atoms. The maximum atomic E-state index is 11.7. The van der Waals surface area contributed by atoms with Crippen molar-refractivity contribution in [1.82, 2.24) is 5.32 Å². The Labute approximate surface area is 123 Å². The van der Waals surface area contributed by atoms with Crippen LogP contribution in [0.25, 0.3) is 0 Å². The van der Waals surface area contributed by atoms with Crippen molar-refractivity contribution in [2.45, 2.75) is 0 Å². The lowest BCUT2D eigenvalue weighted by Crippen LogP contribution is -2.25. The average Bonchev–Trinajstić information content (AvgIpc) is 2.41. The Morgan fingerprint density at radius 3 is 2.75 bits per heavy atom. The highest BCUT2D eigenvalue weighted by Crippen LogP contribution is 2.20. The number of hydrogen-bond acceptors (Lipinski definition) is 7. The first-order valence-electron chi connectivity index (χ1n) is 5.69. The van der Waals surface area contributed by atoms with Crippen molar-refractivity contribution in [3.05, 3.63) is 39.9 Å². The second-order valence-electron chi connectivity index (χ2n) is 3.47. The van der Waals surface area contributed by atoms with Crippen LogP contribution in [0, 0.1) is 10.1 Å². The molecular weight excluding hydrogens is 304 g/mol. The third kappa shape index (κ3) is 6.53. The summed E-state index contributed by atoms with van der Waals surface area (Å²) in [6.45, 7) is 0.496. The van der Waals surface area contributed by atoms with E-state index in [2.05, 4.69) is 10.2 Å². The summed E-state index contributed by atoms with van der Waals surface area (Å²) in [5.41, 5.74) is 0.240. The molecule has 9 heteroatoms. The van der Waals surface area contributed by atoms with Crippen LogP contribution in [0.5, 0.6) is 5.75 Å². The summed E-state index contributed by atoms with van der Waals surface area (Å²) in [6.07, 6.45) is 0. The van der Waals surface area contributed by atoms with E-state index in [1.54, 1.807) is 18.2 Å². The number of hydrogen-bond donors (Lipinski definition) is 2. The molecule has 0 atom stereocenters. The predicted octanol–water partition coefficient (Wildman–Crippen LogP) is 1.71. The summed E-state index contributed by atoms with van der Waals surface area (Å²) in [5.74, 6) is 0.774. The van der Waals surface area contributed by atoms with Gasteiger partial charge in [-0.2, -0.15) is 0 Å². The van der Waals surface area contributed by atoms with Gasteiger partial charge in [-0.3, -0.25) is 4.79 Å². The van der Waals surface area contributed by atoms with Crippen molar-refractivity contribution in [3.63, 3.8) is 0 Å². The van der Waals surface area contributed by atoms with Gasteiger partial charge in [0.05, 0.1) is 5.56 Å². The zero-order valence-corrected chi connectivity index (χ0v) is 12.1. The molecule has 0 aromatic heterocycles. The molecule has 0 unspecified atom stereocenters. The van der Waals surface area contributed by atoms with Gasteiger partial charge in [0.15, 0.2) is 0 Å². The third-order valence-electron chi connectivity index (χ3n) is 2.07. The highest BCUT2D eigenvalue weighted by molar-refractivity contribution is 8.76. The van der Waals surface area contributed by atoms with Crippen molar-refractivity contribution in [1.29, 1.82) is 0 Å². The molecule has 110 valence electrons. The lowest BCUT2D eigenvalue weighted by atomic mass is 10.2. The minimum atomic E-state index is -0.822. The van der Waals surface area contributed by atoms with Gasteiger partial charge in [-0.25, -0.2) is 0 Å². The number of carbonyl (C=O) groups is 1. The molecule has 0 radical (unpaired) electrons. The fourth-order valence-corrected chi connectivity index (χ4v) is 2.96. The third-order valence-corrected chi connectivity index (χ3v) is 4.44. The molecule has 0 saturated heterocycles. The molecule has 20 heavy (non-hydrogen) atoms. The summed E-state index contributed by atoms with van der Waals surface area (Å²) < 4.78 is 0. The van der Waals surface area contributed by atoms with E-state index in [0.717, 1.165) is 0 Å². The van der Waals surface area contributed by atoms with E-state index in [0.29, 0.717) is 18.1 Å². The van der Waals surface area contributed by atoms with E-state index in [4.69, 9.17) is 0 Å². The molecule has 1 amide bonds. The van der Waals surface area contributed by atoms with Gasteiger partial charge in [0.25, 0.3) is 11.0 Å². The van der Waals surface area contributed by atoms with Gasteiger partial charge in [0.1, 0.15) is 12.4 Å². The standard InChI is InChI=1S/C11H14N2O5S2/c14-10-4-2-1-3-9(10)11(15)12-5-7-19-20-8-6-18-13(16)17/h1-4,14H,5-8H2,(H,12,15). The topological polar surface area (TPSA) is 102 Å². The summed E-state index contributed by atoms with van der Waals surface area (Å²) >= 11 is 0. The molecule has 1 rings (SSSR count). The second-order valence-corrected chi connectivity index (χ2v) is 6.18. The monoisotopic (exact) mass is 318 g/mol. The van der Waals surface area contributed by atoms with Crippen LogP contribution in [-0.4, -0.2) is 40.8 Å². The quantitative estimate of drug-likeness (QED) is 0.309. The number of rotatable bonds is 9. The van der Waals surface area contributed by atoms with E-state index >= 15 is 0 Å². The fourth-order valence-electron chi connectivity index (χ4n) is 1.23. The molecule has 0 spiro atoms. The van der Waals surface area contributed by atoms with Crippen LogP contribution in [0.2, 0.25) is 0 Å². The highest BCUT2D eigenvalue weighted by Gasteiger charge is 2.08. The average molecular weight is 318 g/mol. The largest absolute Gasteiger partial charge is 0.507 e. The van der Waals surface area contributed by atoms with E-state index in [9.17, 15) is 20.0 Å². The summed E-state index contributed by atoms with van der Waals surface area (Å²) in [7, 11) is 2.92. The van der Waals surface area contributed by atoms with Gasteiger partial charge >= 0.3 is 0 Å². The zero-order valence-electron chi connectivity index (χ0n) is 10.5. The first kappa shape index (κ1) is 16.4. The first-order valence-corrected chi connectivity index (χ1v) is 8.18. The minimum Gasteiger partial charge on any atom is -0.507 e. The number of carbonyl (C=O) groups excluding carboxylic acids is 1. The molecular formula is C11H14N2O5S2. The second kappa shape index (κ2) is 9.32. The molecule has 0 aliphatic carbocycles. The van der Waals surface area contributed by atoms with E-state index < -0.39 is 5.09 Å². The Morgan fingerprint density at radius 1 is 1.35 bits per heavy atom. The lowest BCUT2D eigenvalue weighted by molar-refractivity contribution is -0.756. The van der Waals surface area contributed by atoms with Gasteiger partial charge in [-0.15, -0.1) is 10.1 Å². The number of aromatic hydroxyl groups is 1. The van der Waals surface area contributed by atoms with Crippen molar-refractivity contribution in [3.8, 4) is 5.75 Å². The molecule has 0 saturated carbocycles. The maximum absolute atomic E-state index is 11.7. The van der Waals surface area contributed by atoms with Crippen LogP contribution in [0.3, 0.4) is 0 Å². The number of nitrogens with zero attached hydrogens (tertiary/aromatic N) is 1. The highest BCUT2D eigenvalue weighted by atomic mass is 33.1. The Balaban J connectivity index is 2.08. The van der Waals surface area contributed by atoms with Gasteiger partial charge in [-0.05, 0) is 12.1 Å². The molecule has 1 aromatic carbocycles. The van der Waals surface area contributed by atoms with Gasteiger partial charge in [0, 0.05) is 18.1 Å². The van der Waals surface area contributed by atoms with Gasteiger partial charge < -0.3 is 15.3 Å². The Hall–Kier alpha value is -1.61. The van der Waals surface area contributed by atoms with E-state index in [1.165, 1.54) is 27.7 Å². The van der Waals surface area contributed by atoms with Gasteiger partial charge in [-0.1, -0.05) is 33.7 Å². The number of phenols is 1. The summed E-state index contributed by atoms with van der Waals surface area (Å²) in [6, 6.07) is 6.32. The summed E-state index contributed by atoms with van der Waals surface area (Å²) in [5, 5.41) is 21.2. The molecule has 0 aliphatic rings. The van der Waals surface area contributed by atoms with Crippen molar-refractivity contribution < 1.29 is 19.8 Å². The number of nitrogens with one attached hydrogen (secondary N) is 1. The number of amides is 1. The Morgan fingerprint density at radius 2 is 2.05 bits per heavy atom. The van der Waals surface area contributed by atoms with Crippen molar-refractivity contribution in [2.75, 3.05) is 24.7 Å². The van der Waals surface area contributed by atoms with Crippen LogP contribution >= 0.6 is 21.6 Å². The van der Waals surface area contributed by atoms with E-state index in [1.807, 2.05) is 0 Å². The molecule has 2 N–H and O–H groups in total. The van der Waals surface area contributed by atoms with Crippen LogP contribution in [0.15, 0.2) is 24.3 Å². The molecule has 0 aliphatic heterocycles. The van der Waals surface area contributed by atoms with Crippen LogP contribution in [-0.2, 0) is 4.84 Å². The number of phenolic OH excluding ortho intramolecular Hbond substituents is 1. The van der Waals surface area contributed by atoms with Gasteiger partial charge in [0.2, 0.25) is 0 Å². The van der Waals surface area contributed by atoms with Crippen molar-refractivity contribution >= 4 is 27.5 Å². The predicted molar refractivity (Wildman–Crippen MR) is 78.3 cm³/mol. The molecule has 0 heterocycles. The van der Waals surface area contributed by atoms with Crippen LogP contribution in [0.4, 0.5) is 0 Å². The van der Waals surface area contributed by atoms with E-state index in [-0.39, 0.29) is 23.8 Å². The molecule has 7 nitrogen and oxygen atoms in total. The molecule has 1 aromatic rings. The summed E-state index contributed by atoms with van der Waals surface area (Å²) in [4.78, 5) is 25.7. The van der Waals surface area contributed by atoms with Crippen LogP contribution < -0.4 is 5.32 Å². The lowest BCUT2D eigenvalue weighted by Gasteiger charge is -2.06. The first-order chi connectivity index (χ1) is 9.61. The normalized spacial score (nSPS) is 10.0. The molecule has 0 fully saturated rings. The Bertz CT molecular complexity index is 458. The number of para-hydroxylation sites is 1. The zero-order chi connectivity index (χ0) is 14.8.